The van der Waals surface area contributed by atoms with E-state index in [1.807, 2.05) is 24.3 Å². The van der Waals surface area contributed by atoms with Crippen LogP contribution in [0, 0.1) is 0 Å². The molecule has 6 nitrogen and oxygen atoms in total. The summed E-state index contributed by atoms with van der Waals surface area (Å²) in [5.74, 6) is 0.452. The van der Waals surface area contributed by atoms with Crippen LogP contribution in [0.1, 0.15) is 47.1 Å². The summed E-state index contributed by atoms with van der Waals surface area (Å²) in [6, 6.07) is 12.9. The van der Waals surface area contributed by atoms with E-state index >= 15 is 0 Å². The maximum atomic E-state index is 11.5. The average Bonchev–Trinajstić information content (AvgIpc) is 3.17. The fourth-order valence-corrected chi connectivity index (χ4v) is 3.71. The third kappa shape index (κ3) is 3.75. The minimum atomic E-state index is -0.955. The molecule has 1 fully saturated rings. The van der Waals surface area contributed by atoms with Crippen LogP contribution in [0.15, 0.2) is 59.4 Å². The van der Waals surface area contributed by atoms with Gasteiger partial charge in [-0.2, -0.15) is 0 Å². The van der Waals surface area contributed by atoms with Crippen LogP contribution in [0.4, 0.5) is 0 Å². The number of carboxylic acids is 1. The summed E-state index contributed by atoms with van der Waals surface area (Å²) in [7, 11) is 0. The van der Waals surface area contributed by atoms with Crippen LogP contribution in [-0.4, -0.2) is 32.5 Å². The minimum Gasteiger partial charge on any atom is -0.478 e. The highest BCUT2D eigenvalue weighted by atomic mass is 16.4. The quantitative estimate of drug-likeness (QED) is 0.733. The highest BCUT2D eigenvalue weighted by Crippen LogP contribution is 2.32. The zero-order valence-electron chi connectivity index (χ0n) is 14.9. The van der Waals surface area contributed by atoms with Crippen LogP contribution in [-0.2, 0) is 6.54 Å². The first-order valence-corrected chi connectivity index (χ1v) is 9.14. The molecule has 0 radical (unpaired) electrons. The molecule has 1 aliphatic heterocycles. The summed E-state index contributed by atoms with van der Waals surface area (Å²) in [6.07, 6.45) is 6.77. The summed E-state index contributed by atoms with van der Waals surface area (Å²) in [6.45, 7) is 1.65. The fourth-order valence-electron chi connectivity index (χ4n) is 3.71. The maximum Gasteiger partial charge on any atom is 0.336 e. The molecule has 3 heterocycles. The van der Waals surface area contributed by atoms with Gasteiger partial charge in [-0.1, -0.05) is 24.6 Å². The molecular formula is C21H21N3O3. The summed E-state index contributed by atoms with van der Waals surface area (Å²) in [5, 5.41) is 9.39. The third-order valence-corrected chi connectivity index (χ3v) is 5.00. The van der Waals surface area contributed by atoms with E-state index in [-0.39, 0.29) is 11.6 Å². The van der Waals surface area contributed by atoms with Gasteiger partial charge in [-0.25, -0.2) is 14.8 Å². The number of rotatable bonds is 5. The Bertz CT molecular complexity index is 923. The second kappa shape index (κ2) is 7.72. The van der Waals surface area contributed by atoms with Crippen LogP contribution in [0.25, 0.3) is 11.3 Å². The Morgan fingerprint density at radius 2 is 2.07 bits per heavy atom. The van der Waals surface area contributed by atoms with Crippen molar-refractivity contribution in [1.29, 1.82) is 0 Å². The first kappa shape index (κ1) is 17.4. The van der Waals surface area contributed by atoms with Gasteiger partial charge in [-0.05, 0) is 43.7 Å². The van der Waals surface area contributed by atoms with Crippen LogP contribution in [0.2, 0.25) is 0 Å². The predicted octanol–water partition coefficient (Wildman–Crippen LogP) is 4.16. The fraction of sp³-hybridized carbons (Fsp3) is 0.286. The number of aromatic carboxylic acids is 1. The van der Waals surface area contributed by atoms with E-state index in [0.29, 0.717) is 17.9 Å². The Morgan fingerprint density at radius 3 is 2.89 bits per heavy atom. The van der Waals surface area contributed by atoms with Gasteiger partial charge in [0.05, 0.1) is 23.8 Å². The van der Waals surface area contributed by atoms with E-state index < -0.39 is 5.97 Å². The summed E-state index contributed by atoms with van der Waals surface area (Å²) < 4.78 is 6.01. The highest BCUT2D eigenvalue weighted by molar-refractivity contribution is 5.95. The van der Waals surface area contributed by atoms with Gasteiger partial charge in [-0.3, -0.25) is 4.90 Å². The van der Waals surface area contributed by atoms with Gasteiger partial charge in [0.2, 0.25) is 0 Å². The molecule has 138 valence electrons. The minimum absolute atomic E-state index is 0.246. The number of piperidine rings is 1. The Kier molecular flexibility index (Phi) is 4.98. The van der Waals surface area contributed by atoms with Crippen LogP contribution >= 0.6 is 0 Å². The van der Waals surface area contributed by atoms with Crippen molar-refractivity contribution in [2.45, 2.75) is 31.8 Å². The number of carboxylic acid groups (broad SMARTS) is 1. The number of likely N-dealkylation sites (tertiary alicyclic amines) is 1. The van der Waals surface area contributed by atoms with Gasteiger partial charge >= 0.3 is 5.97 Å². The van der Waals surface area contributed by atoms with E-state index in [0.717, 1.165) is 30.8 Å². The predicted molar refractivity (Wildman–Crippen MR) is 100 cm³/mol. The number of hydrogen-bond acceptors (Lipinski definition) is 5. The second-order valence-electron chi connectivity index (χ2n) is 6.73. The van der Waals surface area contributed by atoms with Gasteiger partial charge < -0.3 is 9.52 Å². The maximum absolute atomic E-state index is 11.5. The molecular weight excluding hydrogens is 342 g/mol. The molecule has 0 bridgehead atoms. The second-order valence-corrected chi connectivity index (χ2v) is 6.73. The van der Waals surface area contributed by atoms with Crippen molar-refractivity contribution in [3.63, 3.8) is 0 Å². The Hall–Kier alpha value is -2.99. The summed E-state index contributed by atoms with van der Waals surface area (Å²) in [5.41, 5.74) is 1.88. The van der Waals surface area contributed by atoms with E-state index in [2.05, 4.69) is 14.9 Å². The van der Waals surface area contributed by atoms with Crippen LogP contribution < -0.4 is 0 Å². The monoisotopic (exact) mass is 363 g/mol. The van der Waals surface area contributed by atoms with Crippen molar-refractivity contribution in [1.82, 2.24) is 14.9 Å². The molecule has 0 unspecified atom stereocenters. The molecule has 1 N–H and O–H groups in total. The van der Waals surface area contributed by atoms with Crippen molar-refractivity contribution in [3.8, 4) is 11.3 Å². The SMILES string of the molecule is O=C(O)c1ccccc1-c1ccc(CN2CCCC[C@@H]2c2ccncn2)o1. The first-order chi connectivity index (χ1) is 13.2. The van der Waals surface area contributed by atoms with Crippen molar-refractivity contribution in [2.24, 2.45) is 0 Å². The molecule has 6 heteroatoms. The van der Waals surface area contributed by atoms with Crippen molar-refractivity contribution in [3.05, 3.63) is 72.0 Å². The van der Waals surface area contributed by atoms with Crippen LogP contribution in [0.3, 0.4) is 0 Å². The Balaban J connectivity index is 1.56. The molecule has 0 aliphatic carbocycles. The van der Waals surface area contributed by atoms with Crippen molar-refractivity contribution < 1.29 is 14.3 Å². The number of carbonyl (C=O) groups is 1. The number of aromatic nitrogens is 2. The summed E-state index contributed by atoms with van der Waals surface area (Å²) >= 11 is 0. The van der Waals surface area contributed by atoms with E-state index in [1.54, 1.807) is 30.7 Å². The van der Waals surface area contributed by atoms with Crippen molar-refractivity contribution >= 4 is 5.97 Å². The number of hydrogen-bond donors (Lipinski definition) is 1. The zero-order valence-corrected chi connectivity index (χ0v) is 14.9. The first-order valence-electron chi connectivity index (χ1n) is 9.14. The van der Waals surface area contributed by atoms with Gasteiger partial charge in [0, 0.05) is 11.8 Å². The van der Waals surface area contributed by atoms with Gasteiger partial charge in [-0.15, -0.1) is 0 Å². The molecule has 0 amide bonds. The molecule has 1 saturated heterocycles. The summed E-state index contributed by atoms with van der Waals surface area (Å²) in [4.78, 5) is 22.3. The number of furan rings is 1. The lowest BCUT2D eigenvalue weighted by Gasteiger charge is -2.34. The largest absolute Gasteiger partial charge is 0.478 e. The molecule has 1 aliphatic rings. The average molecular weight is 363 g/mol. The van der Waals surface area contributed by atoms with E-state index in [9.17, 15) is 9.90 Å². The van der Waals surface area contributed by atoms with Crippen molar-refractivity contribution in [2.75, 3.05) is 6.54 Å². The smallest absolute Gasteiger partial charge is 0.336 e. The standard InChI is InChI=1S/C21H21N3O3/c25-21(26)17-6-2-1-5-16(17)20-9-8-15(27-20)13-24-12-4-3-7-19(24)18-10-11-22-14-23-18/h1-2,5-6,8-11,14,19H,3-4,7,12-13H2,(H,25,26)/t19-/m1/s1. The molecule has 27 heavy (non-hydrogen) atoms. The number of benzene rings is 1. The topological polar surface area (TPSA) is 79.5 Å². The molecule has 1 atom stereocenters. The molecule has 4 rings (SSSR count). The molecule has 0 spiro atoms. The molecule has 3 aromatic rings. The van der Waals surface area contributed by atoms with Gasteiger partial charge in [0.15, 0.2) is 0 Å². The highest BCUT2D eigenvalue weighted by Gasteiger charge is 2.26. The van der Waals surface area contributed by atoms with Crippen LogP contribution in [0.5, 0.6) is 0 Å². The zero-order chi connectivity index (χ0) is 18.6. The lowest BCUT2D eigenvalue weighted by molar-refractivity contribution is 0.0697. The van der Waals surface area contributed by atoms with Gasteiger partial charge in [0.25, 0.3) is 0 Å². The third-order valence-electron chi connectivity index (χ3n) is 5.00. The Labute approximate surface area is 157 Å². The lowest BCUT2D eigenvalue weighted by atomic mass is 9.99. The Morgan fingerprint density at radius 1 is 1.19 bits per heavy atom. The van der Waals surface area contributed by atoms with Gasteiger partial charge in [0.1, 0.15) is 17.8 Å². The molecule has 2 aromatic heterocycles. The molecule has 0 saturated carbocycles. The lowest BCUT2D eigenvalue weighted by Crippen LogP contribution is -2.33. The van der Waals surface area contributed by atoms with E-state index in [1.165, 1.54) is 6.42 Å². The molecule has 1 aromatic carbocycles. The number of nitrogens with zero attached hydrogens (tertiary/aromatic N) is 3. The normalized spacial score (nSPS) is 17.7. The van der Waals surface area contributed by atoms with E-state index in [4.69, 9.17) is 4.42 Å².